The Balaban J connectivity index is 2.33. The van der Waals surface area contributed by atoms with E-state index in [-0.39, 0.29) is 0 Å². The predicted octanol–water partition coefficient (Wildman–Crippen LogP) is 1.47. The van der Waals surface area contributed by atoms with Gasteiger partial charge in [0.15, 0.2) is 3.68 Å². The fraction of sp³-hybridized carbons (Fsp3) is 1.00. The van der Waals surface area contributed by atoms with Crippen molar-refractivity contribution in [3.63, 3.8) is 0 Å². The van der Waals surface area contributed by atoms with E-state index in [1.807, 2.05) is 22.6 Å². The van der Waals surface area contributed by atoms with E-state index in [0.717, 1.165) is 13.0 Å². The second-order valence-corrected chi connectivity index (χ2v) is 4.07. The number of piperidine rings is 1. The molecule has 0 bridgehead atoms. The van der Waals surface area contributed by atoms with Crippen molar-refractivity contribution < 1.29 is 4.39 Å². The molecule has 0 aromatic rings. The first-order valence-electron chi connectivity index (χ1n) is 2.79. The largest absolute Gasteiger partial charge is 0.313 e. The minimum absolute atomic E-state index is 0.521. The highest BCUT2D eigenvalue weighted by Crippen LogP contribution is 2.27. The highest BCUT2D eigenvalue weighted by atomic mass is 127. The van der Waals surface area contributed by atoms with Gasteiger partial charge >= 0.3 is 0 Å². The van der Waals surface area contributed by atoms with Crippen molar-refractivity contribution in [2.75, 3.05) is 13.1 Å². The summed E-state index contributed by atoms with van der Waals surface area (Å²) in [5.41, 5.74) is 0. The Morgan fingerprint density at radius 1 is 1.62 bits per heavy atom. The summed E-state index contributed by atoms with van der Waals surface area (Å²) in [5.74, 6) is 0. The van der Waals surface area contributed by atoms with Crippen LogP contribution < -0.4 is 5.32 Å². The lowest BCUT2D eigenvalue weighted by Gasteiger charge is -2.23. The monoisotopic (exact) mass is 229 g/mol. The van der Waals surface area contributed by atoms with Gasteiger partial charge in [-0.05, 0) is 42.0 Å². The second-order valence-electron chi connectivity index (χ2n) is 2.14. The molecule has 0 aromatic carbocycles. The molecule has 3 heteroatoms. The van der Waals surface area contributed by atoms with Crippen molar-refractivity contribution in [3.05, 3.63) is 0 Å². The Labute approximate surface area is 62.2 Å². The number of halogens is 2. The van der Waals surface area contributed by atoms with Gasteiger partial charge in [-0.2, -0.15) is 0 Å². The average molecular weight is 229 g/mol. The predicted molar refractivity (Wildman–Crippen MR) is 40.0 cm³/mol. The maximum Gasteiger partial charge on any atom is 0.173 e. The van der Waals surface area contributed by atoms with Gasteiger partial charge in [0, 0.05) is 6.54 Å². The summed E-state index contributed by atoms with van der Waals surface area (Å²) in [7, 11) is 0. The van der Waals surface area contributed by atoms with Gasteiger partial charge in [-0.3, -0.25) is 0 Å². The third kappa shape index (κ3) is 1.85. The number of hydrogen-bond donors (Lipinski definition) is 1. The van der Waals surface area contributed by atoms with Crippen LogP contribution >= 0.6 is 22.6 Å². The van der Waals surface area contributed by atoms with E-state index in [1.165, 1.54) is 0 Å². The quantitative estimate of drug-likeness (QED) is 0.490. The maximum absolute atomic E-state index is 12.8. The molecule has 0 saturated carbocycles. The van der Waals surface area contributed by atoms with E-state index in [9.17, 15) is 4.39 Å². The van der Waals surface area contributed by atoms with Gasteiger partial charge in [-0.1, -0.05) is 0 Å². The van der Waals surface area contributed by atoms with Crippen LogP contribution in [0.15, 0.2) is 0 Å². The molecule has 1 aliphatic heterocycles. The molecule has 0 spiro atoms. The van der Waals surface area contributed by atoms with Crippen LogP contribution in [0.1, 0.15) is 12.8 Å². The number of rotatable bonds is 0. The minimum Gasteiger partial charge on any atom is -0.313 e. The van der Waals surface area contributed by atoms with Crippen LogP contribution in [0.2, 0.25) is 0 Å². The topological polar surface area (TPSA) is 12.0 Å². The maximum atomic E-state index is 12.8. The molecular formula is C5H9FIN. The van der Waals surface area contributed by atoms with Crippen LogP contribution in [0.3, 0.4) is 0 Å². The minimum atomic E-state index is -0.962. The van der Waals surface area contributed by atoms with Crippen LogP contribution in [-0.4, -0.2) is 16.8 Å². The molecule has 48 valence electrons. The summed E-state index contributed by atoms with van der Waals surface area (Å²) in [6, 6.07) is 0. The Morgan fingerprint density at radius 2 is 2.38 bits per heavy atom. The van der Waals surface area contributed by atoms with Crippen molar-refractivity contribution in [2.24, 2.45) is 0 Å². The summed E-state index contributed by atoms with van der Waals surface area (Å²) in [5, 5.41) is 2.99. The van der Waals surface area contributed by atoms with Gasteiger partial charge in [-0.25, -0.2) is 4.39 Å². The molecule has 1 unspecified atom stereocenters. The molecule has 1 heterocycles. The molecule has 1 nitrogen and oxygen atoms in total. The standard InChI is InChI=1S/C5H9FIN/c6-5(7)2-1-3-8-4-5/h8H,1-4H2. The normalized spacial score (nSPS) is 39.8. The van der Waals surface area contributed by atoms with E-state index in [1.54, 1.807) is 0 Å². The van der Waals surface area contributed by atoms with Crippen molar-refractivity contribution in [1.29, 1.82) is 0 Å². The van der Waals surface area contributed by atoms with E-state index in [2.05, 4.69) is 5.32 Å². The van der Waals surface area contributed by atoms with Gasteiger partial charge in [0.25, 0.3) is 0 Å². The van der Waals surface area contributed by atoms with E-state index in [0.29, 0.717) is 13.0 Å². The second kappa shape index (κ2) is 2.47. The van der Waals surface area contributed by atoms with Crippen molar-refractivity contribution >= 4 is 22.6 Å². The molecule has 1 aliphatic rings. The van der Waals surface area contributed by atoms with Crippen LogP contribution in [0.4, 0.5) is 4.39 Å². The molecule has 0 radical (unpaired) electrons. The summed E-state index contributed by atoms with van der Waals surface area (Å²) in [6.07, 6.45) is 1.68. The van der Waals surface area contributed by atoms with Crippen molar-refractivity contribution in [2.45, 2.75) is 16.5 Å². The summed E-state index contributed by atoms with van der Waals surface area (Å²) in [6.45, 7) is 1.50. The summed E-state index contributed by atoms with van der Waals surface area (Å²) >= 11 is 1.86. The molecule has 8 heavy (non-hydrogen) atoms. The van der Waals surface area contributed by atoms with Gasteiger partial charge in [0.05, 0.1) is 0 Å². The molecule has 0 aromatic heterocycles. The smallest absolute Gasteiger partial charge is 0.173 e. The zero-order valence-corrected chi connectivity index (χ0v) is 6.74. The van der Waals surface area contributed by atoms with Crippen molar-refractivity contribution in [3.8, 4) is 0 Å². The lowest BCUT2D eigenvalue weighted by atomic mass is 10.1. The highest BCUT2D eigenvalue weighted by Gasteiger charge is 2.26. The molecule has 1 N–H and O–H groups in total. The van der Waals surface area contributed by atoms with Gasteiger partial charge in [0.1, 0.15) is 0 Å². The first-order valence-corrected chi connectivity index (χ1v) is 3.87. The lowest BCUT2D eigenvalue weighted by molar-refractivity contribution is 0.248. The first kappa shape index (κ1) is 6.74. The van der Waals surface area contributed by atoms with E-state index < -0.39 is 3.68 Å². The Morgan fingerprint density at radius 3 is 2.62 bits per heavy atom. The molecule has 0 amide bonds. The van der Waals surface area contributed by atoms with E-state index in [4.69, 9.17) is 0 Å². The fourth-order valence-corrected chi connectivity index (χ4v) is 1.48. The number of hydrogen-bond acceptors (Lipinski definition) is 1. The van der Waals surface area contributed by atoms with Crippen molar-refractivity contribution in [1.82, 2.24) is 5.32 Å². The van der Waals surface area contributed by atoms with Crippen LogP contribution in [-0.2, 0) is 0 Å². The Kier molecular flexibility index (Phi) is 2.08. The Hall–Kier alpha value is 0.620. The fourth-order valence-electron chi connectivity index (χ4n) is 0.832. The summed E-state index contributed by atoms with van der Waals surface area (Å²) in [4.78, 5) is 0. The van der Waals surface area contributed by atoms with Crippen LogP contribution in [0, 0.1) is 0 Å². The average Bonchev–Trinajstić information content (AvgIpc) is 1.65. The molecule has 1 fully saturated rings. The first-order chi connectivity index (χ1) is 3.71. The lowest BCUT2D eigenvalue weighted by Crippen LogP contribution is -2.37. The number of nitrogens with one attached hydrogen (secondary N) is 1. The zero-order valence-electron chi connectivity index (χ0n) is 4.58. The van der Waals surface area contributed by atoms with Crippen LogP contribution in [0.25, 0.3) is 0 Å². The van der Waals surface area contributed by atoms with Gasteiger partial charge < -0.3 is 5.32 Å². The molecule has 1 atom stereocenters. The molecule has 1 rings (SSSR count). The SMILES string of the molecule is FC1(I)CCCNC1. The third-order valence-electron chi connectivity index (χ3n) is 1.28. The zero-order chi connectivity index (χ0) is 6.04. The third-order valence-corrected chi connectivity index (χ3v) is 2.20. The Bertz CT molecular complexity index is 76.5. The molecule has 1 saturated heterocycles. The molecular weight excluding hydrogens is 220 g/mol. The highest BCUT2D eigenvalue weighted by molar-refractivity contribution is 14.1. The summed E-state index contributed by atoms with van der Waals surface area (Å²) < 4.78 is 11.8. The van der Waals surface area contributed by atoms with E-state index >= 15 is 0 Å². The van der Waals surface area contributed by atoms with Gasteiger partial charge in [-0.15, -0.1) is 0 Å². The number of alkyl halides is 2. The molecule has 0 aliphatic carbocycles. The van der Waals surface area contributed by atoms with Gasteiger partial charge in [0.2, 0.25) is 0 Å². The van der Waals surface area contributed by atoms with Crippen LogP contribution in [0.5, 0.6) is 0 Å².